The number of nitrogens with zero attached hydrogens (tertiary/aromatic N) is 2. The Morgan fingerprint density at radius 2 is 2.23 bits per heavy atom. The summed E-state index contributed by atoms with van der Waals surface area (Å²) in [5.74, 6) is -0.655. The highest BCUT2D eigenvalue weighted by Gasteiger charge is 2.14. The molecule has 2 heterocycles. The van der Waals surface area contributed by atoms with Crippen LogP contribution < -0.4 is 5.32 Å². The Hall–Kier alpha value is -2.22. The van der Waals surface area contributed by atoms with Crippen molar-refractivity contribution in [1.29, 1.82) is 0 Å². The van der Waals surface area contributed by atoms with Crippen LogP contribution in [-0.2, 0) is 22.4 Å². The van der Waals surface area contributed by atoms with Gasteiger partial charge in [0.25, 0.3) is 5.91 Å². The number of esters is 1. The summed E-state index contributed by atoms with van der Waals surface area (Å²) in [6.45, 7) is 4.15. The van der Waals surface area contributed by atoms with E-state index in [1.165, 1.54) is 11.3 Å². The van der Waals surface area contributed by atoms with Crippen molar-refractivity contribution in [2.45, 2.75) is 33.1 Å². The molecule has 8 heteroatoms. The molecule has 22 heavy (non-hydrogen) atoms. The third kappa shape index (κ3) is 4.39. The molecule has 0 atom stereocenters. The third-order valence-corrected chi connectivity index (χ3v) is 3.59. The molecule has 0 fully saturated rings. The lowest BCUT2D eigenvalue weighted by atomic mass is 10.2. The predicted molar refractivity (Wildman–Crippen MR) is 83.0 cm³/mol. The zero-order valence-electron chi connectivity index (χ0n) is 12.5. The molecular formula is C14H18N4O3S. The lowest BCUT2D eigenvalue weighted by Gasteiger charge is -1.99. The highest BCUT2D eigenvalue weighted by molar-refractivity contribution is 7.14. The molecule has 0 bridgehead atoms. The van der Waals surface area contributed by atoms with Gasteiger partial charge in [0.2, 0.25) is 0 Å². The second-order valence-electron chi connectivity index (χ2n) is 4.61. The number of carbonyl (C=O) groups excluding carboxylic acids is 2. The highest BCUT2D eigenvalue weighted by atomic mass is 32.1. The van der Waals surface area contributed by atoms with Gasteiger partial charge in [-0.2, -0.15) is 5.10 Å². The average Bonchev–Trinajstić information content (AvgIpc) is 3.09. The van der Waals surface area contributed by atoms with Crippen LogP contribution >= 0.6 is 11.3 Å². The summed E-state index contributed by atoms with van der Waals surface area (Å²) in [5, 5.41) is 11.6. The van der Waals surface area contributed by atoms with Crippen molar-refractivity contribution in [2.75, 3.05) is 11.9 Å². The zero-order chi connectivity index (χ0) is 15.9. The maximum atomic E-state index is 12.0. The van der Waals surface area contributed by atoms with Gasteiger partial charge >= 0.3 is 5.97 Å². The summed E-state index contributed by atoms with van der Waals surface area (Å²) >= 11 is 1.26. The minimum Gasteiger partial charge on any atom is -0.466 e. The molecule has 2 aromatic heterocycles. The number of nitrogens with one attached hydrogen (secondary N) is 2. The summed E-state index contributed by atoms with van der Waals surface area (Å²) in [6, 6.07) is 1.73. The fourth-order valence-electron chi connectivity index (χ4n) is 1.84. The topological polar surface area (TPSA) is 97.0 Å². The number of amides is 1. The number of aromatic amines is 1. The van der Waals surface area contributed by atoms with Gasteiger partial charge in [-0.1, -0.05) is 13.3 Å². The number of anilines is 1. The van der Waals surface area contributed by atoms with Gasteiger partial charge in [-0.05, 0) is 19.4 Å². The van der Waals surface area contributed by atoms with Crippen LogP contribution in [0.2, 0.25) is 0 Å². The molecule has 0 spiro atoms. The molecule has 7 nitrogen and oxygen atoms in total. The van der Waals surface area contributed by atoms with Gasteiger partial charge in [-0.25, -0.2) is 4.98 Å². The predicted octanol–water partition coefficient (Wildman–Crippen LogP) is 2.18. The van der Waals surface area contributed by atoms with Gasteiger partial charge in [0, 0.05) is 11.1 Å². The monoisotopic (exact) mass is 322 g/mol. The number of rotatable bonds is 7. The van der Waals surface area contributed by atoms with Gasteiger partial charge in [0.15, 0.2) is 10.8 Å². The van der Waals surface area contributed by atoms with Gasteiger partial charge in [-0.3, -0.25) is 20.0 Å². The van der Waals surface area contributed by atoms with Crippen LogP contribution in [0.15, 0.2) is 11.4 Å². The first kappa shape index (κ1) is 16.2. The normalized spacial score (nSPS) is 10.5. The van der Waals surface area contributed by atoms with E-state index in [0.717, 1.165) is 18.5 Å². The number of H-pyrrole nitrogens is 1. The molecule has 0 radical (unpaired) electrons. The number of ether oxygens (including phenoxy) is 1. The van der Waals surface area contributed by atoms with Gasteiger partial charge in [0.05, 0.1) is 18.7 Å². The number of thiazole rings is 1. The van der Waals surface area contributed by atoms with Crippen molar-refractivity contribution >= 4 is 28.3 Å². The van der Waals surface area contributed by atoms with Crippen LogP contribution in [0.1, 0.15) is 42.1 Å². The van der Waals surface area contributed by atoms with Gasteiger partial charge in [0.1, 0.15) is 0 Å². The van der Waals surface area contributed by atoms with Crippen molar-refractivity contribution in [3.63, 3.8) is 0 Å². The molecule has 2 rings (SSSR count). The first-order valence-corrected chi connectivity index (χ1v) is 7.96. The van der Waals surface area contributed by atoms with E-state index in [2.05, 4.69) is 27.4 Å². The number of hydrogen-bond acceptors (Lipinski definition) is 6. The van der Waals surface area contributed by atoms with Crippen molar-refractivity contribution in [3.8, 4) is 0 Å². The lowest BCUT2D eigenvalue weighted by Crippen LogP contribution is -2.12. The highest BCUT2D eigenvalue weighted by Crippen LogP contribution is 2.17. The number of carbonyl (C=O) groups is 2. The van der Waals surface area contributed by atoms with E-state index in [1.54, 1.807) is 18.4 Å². The minimum atomic E-state index is -0.331. The summed E-state index contributed by atoms with van der Waals surface area (Å²) < 4.78 is 4.86. The second kappa shape index (κ2) is 7.69. The van der Waals surface area contributed by atoms with Crippen LogP contribution in [0.5, 0.6) is 0 Å². The van der Waals surface area contributed by atoms with Crippen molar-refractivity contribution in [2.24, 2.45) is 0 Å². The zero-order valence-corrected chi connectivity index (χ0v) is 13.3. The third-order valence-electron chi connectivity index (χ3n) is 2.79. The Kier molecular flexibility index (Phi) is 5.65. The Labute approximate surface area is 132 Å². The molecule has 0 aliphatic carbocycles. The smallest absolute Gasteiger partial charge is 0.311 e. The summed E-state index contributed by atoms with van der Waals surface area (Å²) in [6.07, 6.45) is 1.93. The van der Waals surface area contributed by atoms with E-state index in [1.807, 2.05) is 0 Å². The molecule has 2 N–H and O–H groups in total. The maximum absolute atomic E-state index is 12.0. The molecule has 1 amide bonds. The molecule has 0 aliphatic heterocycles. The van der Waals surface area contributed by atoms with E-state index < -0.39 is 0 Å². The first-order valence-electron chi connectivity index (χ1n) is 7.08. The van der Waals surface area contributed by atoms with Gasteiger partial charge in [-0.15, -0.1) is 11.3 Å². The SMILES string of the molecule is CCCc1cc(C(=O)Nc2nc(CC(=O)OCC)cs2)n[nH]1. The van der Waals surface area contributed by atoms with Crippen LogP contribution in [0.25, 0.3) is 0 Å². The maximum Gasteiger partial charge on any atom is 0.311 e. The van der Waals surface area contributed by atoms with E-state index in [0.29, 0.717) is 23.1 Å². The Bertz CT molecular complexity index is 650. The molecule has 0 aliphatic rings. The van der Waals surface area contributed by atoms with Crippen LogP contribution in [-0.4, -0.2) is 33.7 Å². The van der Waals surface area contributed by atoms with E-state index in [-0.39, 0.29) is 18.3 Å². The Morgan fingerprint density at radius 1 is 1.41 bits per heavy atom. The van der Waals surface area contributed by atoms with Gasteiger partial charge < -0.3 is 4.74 Å². The lowest BCUT2D eigenvalue weighted by molar-refractivity contribution is -0.142. The average molecular weight is 322 g/mol. The van der Waals surface area contributed by atoms with Crippen molar-refractivity contribution in [3.05, 3.63) is 28.5 Å². The fourth-order valence-corrected chi connectivity index (χ4v) is 2.55. The largest absolute Gasteiger partial charge is 0.466 e. The minimum absolute atomic E-state index is 0.100. The molecule has 0 aromatic carbocycles. The van der Waals surface area contributed by atoms with E-state index >= 15 is 0 Å². The number of aryl methyl sites for hydroxylation is 1. The van der Waals surface area contributed by atoms with Crippen molar-refractivity contribution in [1.82, 2.24) is 15.2 Å². The first-order chi connectivity index (χ1) is 10.6. The summed E-state index contributed by atoms with van der Waals surface area (Å²) in [7, 11) is 0. The molecule has 2 aromatic rings. The van der Waals surface area contributed by atoms with E-state index in [4.69, 9.17) is 4.74 Å². The molecule has 0 saturated carbocycles. The summed E-state index contributed by atoms with van der Waals surface area (Å²) in [5.41, 5.74) is 1.83. The Morgan fingerprint density at radius 3 is 2.95 bits per heavy atom. The standard InChI is InChI=1S/C14H18N4O3S/c1-3-5-9-6-11(18-17-9)13(20)16-14-15-10(8-22-14)7-12(19)21-4-2/h6,8H,3-5,7H2,1-2H3,(H,17,18)(H,15,16,20). The molecule has 0 saturated heterocycles. The summed E-state index contributed by atoms with van der Waals surface area (Å²) in [4.78, 5) is 27.6. The molecular weight excluding hydrogens is 304 g/mol. The number of aromatic nitrogens is 3. The Balaban J connectivity index is 1.94. The quantitative estimate of drug-likeness (QED) is 0.762. The second-order valence-corrected chi connectivity index (χ2v) is 5.47. The fraction of sp³-hybridized carbons (Fsp3) is 0.429. The van der Waals surface area contributed by atoms with Crippen LogP contribution in [0.4, 0.5) is 5.13 Å². The molecule has 0 unspecified atom stereocenters. The van der Waals surface area contributed by atoms with Crippen LogP contribution in [0.3, 0.4) is 0 Å². The van der Waals surface area contributed by atoms with E-state index in [9.17, 15) is 9.59 Å². The van der Waals surface area contributed by atoms with Crippen molar-refractivity contribution < 1.29 is 14.3 Å². The van der Waals surface area contributed by atoms with Crippen LogP contribution in [0, 0.1) is 0 Å². The molecule has 118 valence electrons. The number of hydrogen-bond donors (Lipinski definition) is 2.